The highest BCUT2D eigenvalue weighted by Gasteiger charge is 2.28. The highest BCUT2D eigenvalue weighted by molar-refractivity contribution is 7.89. The van der Waals surface area contributed by atoms with Crippen molar-refractivity contribution in [1.29, 1.82) is 0 Å². The van der Waals surface area contributed by atoms with Crippen LogP contribution in [-0.4, -0.2) is 23.1 Å². The zero-order valence-electron chi connectivity index (χ0n) is 9.93. The first-order valence-electron chi connectivity index (χ1n) is 5.26. The molecule has 106 valence electrons. The third-order valence-electron chi connectivity index (χ3n) is 2.42. The zero-order chi connectivity index (χ0) is 14.9. The summed E-state index contributed by atoms with van der Waals surface area (Å²) in [5.41, 5.74) is 0.718. The van der Waals surface area contributed by atoms with Gasteiger partial charge < -0.3 is 10.1 Å². The third kappa shape index (κ3) is 3.13. The molecule has 20 heavy (non-hydrogen) atoms. The second-order valence-corrected chi connectivity index (χ2v) is 5.91. The van der Waals surface area contributed by atoms with Crippen molar-refractivity contribution in [2.75, 3.05) is 0 Å². The summed E-state index contributed by atoms with van der Waals surface area (Å²) in [7, 11) is -4.21. The van der Waals surface area contributed by atoms with Gasteiger partial charge in [0.15, 0.2) is 0 Å². The van der Waals surface area contributed by atoms with Crippen molar-refractivity contribution < 1.29 is 13.3 Å². The lowest BCUT2D eigenvalue weighted by molar-refractivity contribution is -0.392. The normalized spacial score (nSPS) is 11.5. The van der Waals surface area contributed by atoms with Crippen LogP contribution in [0.4, 0.5) is 5.82 Å². The maximum absolute atomic E-state index is 11.3. The smallest absolute Gasteiger partial charge is 0.358 e. The second-order valence-electron chi connectivity index (χ2n) is 3.95. The summed E-state index contributed by atoms with van der Waals surface area (Å²) < 4.78 is 23.7. The Labute approximate surface area is 119 Å². The molecule has 0 fully saturated rings. The van der Waals surface area contributed by atoms with Crippen molar-refractivity contribution in [3.63, 3.8) is 0 Å². The van der Waals surface area contributed by atoms with Crippen LogP contribution in [0.5, 0.6) is 0 Å². The van der Waals surface area contributed by atoms with Crippen molar-refractivity contribution in [3.05, 3.63) is 51.2 Å². The van der Waals surface area contributed by atoms with Crippen LogP contribution < -0.4 is 5.14 Å². The van der Waals surface area contributed by atoms with Crippen molar-refractivity contribution >= 4 is 27.4 Å². The zero-order valence-corrected chi connectivity index (χ0v) is 11.5. The fourth-order valence-corrected chi connectivity index (χ4v) is 2.47. The topological polar surface area (TPSA) is 121 Å². The molecule has 0 unspecified atom stereocenters. The number of hydrogen-bond acceptors (Lipinski definition) is 5. The van der Waals surface area contributed by atoms with Crippen LogP contribution in [0.15, 0.2) is 35.4 Å². The van der Waals surface area contributed by atoms with Crippen molar-refractivity contribution in [2.45, 2.75) is 11.4 Å². The number of primary sulfonamides is 1. The quantitative estimate of drug-likeness (QED) is 0.669. The summed E-state index contributed by atoms with van der Waals surface area (Å²) in [6, 6.07) is 6.75. The standard InChI is InChI=1S/C10H9ClN4O4S/c11-8-3-1-2-7(4-8)5-14-6-9(20(12,18)19)10(13-14)15(16)17/h1-4,6H,5H2,(H2,12,18,19). The summed E-state index contributed by atoms with van der Waals surface area (Å²) in [5.74, 6) is -0.797. The summed E-state index contributed by atoms with van der Waals surface area (Å²) in [6.45, 7) is 0.136. The average Bonchev–Trinajstić information content (AvgIpc) is 2.73. The SMILES string of the molecule is NS(=O)(=O)c1cn(Cc2cccc(Cl)c2)nc1[N+](=O)[O-]. The Balaban J connectivity index is 2.42. The van der Waals surface area contributed by atoms with E-state index in [1.165, 1.54) is 0 Å². The maximum atomic E-state index is 11.3. The Morgan fingerprint density at radius 3 is 2.65 bits per heavy atom. The fraction of sp³-hybridized carbons (Fsp3) is 0.100. The summed E-state index contributed by atoms with van der Waals surface area (Å²) in [6.07, 6.45) is 1.02. The number of halogens is 1. The number of aromatic nitrogens is 2. The van der Waals surface area contributed by atoms with Crippen LogP contribution in [0.25, 0.3) is 0 Å². The van der Waals surface area contributed by atoms with Gasteiger partial charge in [-0.2, -0.15) is 4.68 Å². The van der Waals surface area contributed by atoms with Crippen LogP contribution in [0.3, 0.4) is 0 Å². The molecule has 2 rings (SSSR count). The molecule has 0 saturated carbocycles. The molecule has 0 amide bonds. The molecule has 0 aliphatic heterocycles. The molecule has 1 aromatic heterocycles. The number of nitrogens with two attached hydrogens (primary N) is 1. The Hall–Kier alpha value is -1.97. The lowest BCUT2D eigenvalue weighted by Gasteiger charge is -1.98. The van der Waals surface area contributed by atoms with Gasteiger partial charge in [-0.25, -0.2) is 13.6 Å². The largest absolute Gasteiger partial charge is 0.410 e. The predicted octanol–water partition coefficient (Wildman–Crippen LogP) is 1.14. The van der Waals surface area contributed by atoms with E-state index in [1.54, 1.807) is 24.3 Å². The first-order chi connectivity index (χ1) is 9.27. The highest BCUT2D eigenvalue weighted by atomic mass is 35.5. The van der Waals surface area contributed by atoms with E-state index in [0.29, 0.717) is 5.02 Å². The van der Waals surface area contributed by atoms with Crippen molar-refractivity contribution in [2.24, 2.45) is 5.14 Å². The molecule has 0 spiro atoms. The van der Waals surface area contributed by atoms with Crippen LogP contribution in [0.2, 0.25) is 5.02 Å². The van der Waals surface area contributed by atoms with Crippen LogP contribution in [0, 0.1) is 10.1 Å². The lowest BCUT2D eigenvalue weighted by Crippen LogP contribution is -2.13. The van der Waals surface area contributed by atoms with Crippen LogP contribution in [0.1, 0.15) is 5.56 Å². The summed E-state index contributed by atoms with van der Waals surface area (Å²) in [4.78, 5) is 9.26. The summed E-state index contributed by atoms with van der Waals surface area (Å²) in [5, 5.41) is 19.8. The van der Waals surface area contributed by atoms with E-state index in [-0.39, 0.29) is 6.54 Å². The Bertz CT molecular complexity index is 771. The minimum atomic E-state index is -4.21. The van der Waals surface area contributed by atoms with Crippen LogP contribution >= 0.6 is 11.6 Å². The van der Waals surface area contributed by atoms with Gasteiger partial charge in [-0.1, -0.05) is 23.7 Å². The average molecular weight is 317 g/mol. The highest BCUT2D eigenvalue weighted by Crippen LogP contribution is 2.21. The van der Waals surface area contributed by atoms with Gasteiger partial charge in [0.25, 0.3) is 0 Å². The molecule has 0 saturated heterocycles. The molecule has 8 nitrogen and oxygen atoms in total. The molecule has 0 radical (unpaired) electrons. The molecular weight excluding hydrogens is 308 g/mol. The molecular formula is C10H9ClN4O4S. The minimum Gasteiger partial charge on any atom is -0.358 e. The van der Waals surface area contributed by atoms with Gasteiger partial charge in [0.05, 0.1) is 17.8 Å². The van der Waals surface area contributed by atoms with Gasteiger partial charge in [-0.3, -0.25) is 0 Å². The minimum absolute atomic E-state index is 0.136. The fourth-order valence-electron chi connectivity index (χ4n) is 1.62. The number of hydrogen-bond donors (Lipinski definition) is 1. The van der Waals surface area contributed by atoms with E-state index in [0.717, 1.165) is 16.4 Å². The third-order valence-corrected chi connectivity index (χ3v) is 3.56. The second kappa shape index (κ2) is 5.19. The van der Waals surface area contributed by atoms with Gasteiger partial charge in [0.2, 0.25) is 14.9 Å². The Morgan fingerprint density at radius 1 is 1.45 bits per heavy atom. The monoisotopic (exact) mass is 316 g/mol. The molecule has 0 atom stereocenters. The Kier molecular flexibility index (Phi) is 3.75. The van der Waals surface area contributed by atoms with Gasteiger partial charge >= 0.3 is 5.82 Å². The molecule has 1 heterocycles. The molecule has 0 aliphatic carbocycles. The molecule has 10 heteroatoms. The van der Waals surface area contributed by atoms with Crippen molar-refractivity contribution in [1.82, 2.24) is 9.78 Å². The predicted molar refractivity (Wildman–Crippen MR) is 70.8 cm³/mol. The number of rotatable bonds is 4. The maximum Gasteiger partial charge on any atom is 0.410 e. The van der Waals surface area contributed by atoms with E-state index in [2.05, 4.69) is 5.10 Å². The van der Waals surface area contributed by atoms with E-state index < -0.39 is 25.7 Å². The molecule has 2 aromatic rings. The van der Waals surface area contributed by atoms with Gasteiger partial charge in [-0.05, 0) is 22.6 Å². The van der Waals surface area contributed by atoms with Crippen LogP contribution in [-0.2, 0) is 16.6 Å². The number of nitrogens with zero attached hydrogens (tertiary/aromatic N) is 3. The molecule has 1 aromatic carbocycles. The van der Waals surface area contributed by atoms with Gasteiger partial charge in [0.1, 0.15) is 0 Å². The summed E-state index contributed by atoms with van der Waals surface area (Å²) >= 11 is 5.82. The van der Waals surface area contributed by atoms with E-state index in [9.17, 15) is 18.5 Å². The van der Waals surface area contributed by atoms with E-state index >= 15 is 0 Å². The first kappa shape index (κ1) is 14.4. The molecule has 0 bridgehead atoms. The number of benzene rings is 1. The van der Waals surface area contributed by atoms with E-state index in [1.807, 2.05) is 0 Å². The first-order valence-corrected chi connectivity index (χ1v) is 7.19. The van der Waals surface area contributed by atoms with Gasteiger partial charge in [0, 0.05) is 5.02 Å². The number of sulfonamides is 1. The molecule has 0 aliphatic rings. The number of nitro groups is 1. The molecule has 2 N–H and O–H groups in total. The lowest BCUT2D eigenvalue weighted by atomic mass is 10.2. The van der Waals surface area contributed by atoms with Crippen molar-refractivity contribution in [3.8, 4) is 0 Å². The van der Waals surface area contributed by atoms with Gasteiger partial charge in [-0.15, -0.1) is 0 Å². The Morgan fingerprint density at radius 2 is 2.15 bits per heavy atom. The van der Waals surface area contributed by atoms with E-state index in [4.69, 9.17) is 16.7 Å².